The zero-order chi connectivity index (χ0) is 13.3. The van der Waals surface area contributed by atoms with Gasteiger partial charge in [-0.05, 0) is 39.5 Å². The fourth-order valence-corrected chi connectivity index (χ4v) is 1.92. The van der Waals surface area contributed by atoms with E-state index in [1.165, 1.54) is 0 Å². The molecule has 0 spiro atoms. The lowest BCUT2D eigenvalue weighted by atomic mass is 9.68. The molecular weight excluding hydrogens is 224 g/mol. The topological polar surface area (TPSA) is 102 Å². The lowest BCUT2D eigenvalue weighted by Crippen LogP contribution is -2.65. The van der Waals surface area contributed by atoms with Crippen molar-refractivity contribution in [2.24, 2.45) is 11.7 Å². The van der Waals surface area contributed by atoms with Crippen LogP contribution in [0.15, 0.2) is 0 Å². The molecule has 1 fully saturated rings. The van der Waals surface area contributed by atoms with Gasteiger partial charge in [-0.2, -0.15) is 0 Å². The molecule has 1 aliphatic carbocycles. The Hall–Kier alpha value is -1.30. The standard InChI is InChI=1S/C11H20N2O4/c1-10(2,3)17-9(16)13-11(8(12)15)4-7(5-11)6-14/h7,14H,4-6H2,1-3H3,(H2,12,15)(H,13,16). The first-order valence-corrected chi connectivity index (χ1v) is 5.60. The van der Waals surface area contributed by atoms with E-state index < -0.39 is 23.1 Å². The largest absolute Gasteiger partial charge is 0.444 e. The van der Waals surface area contributed by atoms with Crippen LogP contribution in [0.25, 0.3) is 0 Å². The van der Waals surface area contributed by atoms with Gasteiger partial charge in [-0.3, -0.25) is 4.79 Å². The molecule has 4 N–H and O–H groups in total. The molecule has 0 atom stereocenters. The van der Waals surface area contributed by atoms with Gasteiger partial charge in [0, 0.05) is 6.61 Å². The van der Waals surface area contributed by atoms with E-state index in [1.54, 1.807) is 20.8 Å². The van der Waals surface area contributed by atoms with Crippen molar-refractivity contribution in [2.45, 2.75) is 44.8 Å². The summed E-state index contributed by atoms with van der Waals surface area (Å²) in [6.07, 6.45) is 0.0589. The second kappa shape index (κ2) is 4.52. The number of nitrogens with two attached hydrogens (primary N) is 1. The summed E-state index contributed by atoms with van der Waals surface area (Å²) in [7, 11) is 0. The number of aliphatic hydroxyl groups excluding tert-OH is 1. The predicted molar refractivity (Wildman–Crippen MR) is 61.1 cm³/mol. The first-order chi connectivity index (χ1) is 7.68. The molecule has 17 heavy (non-hydrogen) atoms. The van der Waals surface area contributed by atoms with Crippen LogP contribution in [0.4, 0.5) is 4.79 Å². The van der Waals surface area contributed by atoms with Gasteiger partial charge in [0.25, 0.3) is 0 Å². The highest BCUT2D eigenvalue weighted by molar-refractivity contribution is 5.89. The number of aliphatic hydroxyl groups is 1. The molecule has 6 heteroatoms. The lowest BCUT2D eigenvalue weighted by Gasteiger charge is -2.44. The average molecular weight is 244 g/mol. The number of carbonyl (C=O) groups is 2. The van der Waals surface area contributed by atoms with Crippen LogP contribution in [0, 0.1) is 5.92 Å². The molecule has 0 heterocycles. The third kappa shape index (κ3) is 3.33. The van der Waals surface area contributed by atoms with Gasteiger partial charge >= 0.3 is 6.09 Å². The normalized spacial score (nSPS) is 28.1. The Kier molecular flexibility index (Phi) is 3.66. The highest BCUT2D eigenvalue weighted by atomic mass is 16.6. The number of primary amides is 1. The zero-order valence-corrected chi connectivity index (χ0v) is 10.4. The van der Waals surface area contributed by atoms with E-state index >= 15 is 0 Å². The van der Waals surface area contributed by atoms with Crippen molar-refractivity contribution >= 4 is 12.0 Å². The van der Waals surface area contributed by atoms with Gasteiger partial charge < -0.3 is 20.9 Å². The maximum atomic E-state index is 11.6. The van der Waals surface area contributed by atoms with Crippen molar-refractivity contribution in [1.29, 1.82) is 0 Å². The zero-order valence-electron chi connectivity index (χ0n) is 10.4. The summed E-state index contributed by atoms with van der Waals surface area (Å²) < 4.78 is 5.07. The molecule has 0 aliphatic heterocycles. The Bertz CT molecular complexity index is 316. The summed E-state index contributed by atoms with van der Waals surface area (Å²) in [6.45, 7) is 5.20. The van der Waals surface area contributed by atoms with Crippen molar-refractivity contribution in [3.63, 3.8) is 0 Å². The monoisotopic (exact) mass is 244 g/mol. The van der Waals surface area contributed by atoms with Crippen LogP contribution < -0.4 is 11.1 Å². The van der Waals surface area contributed by atoms with Crippen LogP contribution >= 0.6 is 0 Å². The molecule has 2 amide bonds. The molecule has 1 aliphatic rings. The van der Waals surface area contributed by atoms with Crippen molar-refractivity contribution in [1.82, 2.24) is 5.32 Å². The first-order valence-electron chi connectivity index (χ1n) is 5.60. The van der Waals surface area contributed by atoms with E-state index in [-0.39, 0.29) is 12.5 Å². The van der Waals surface area contributed by atoms with Crippen LogP contribution in [0.1, 0.15) is 33.6 Å². The number of amides is 2. The molecular formula is C11H20N2O4. The Balaban J connectivity index is 2.58. The molecule has 0 aromatic carbocycles. The molecule has 0 bridgehead atoms. The second-order valence-electron chi connectivity index (χ2n) is 5.53. The molecule has 0 saturated heterocycles. The fraction of sp³-hybridized carbons (Fsp3) is 0.818. The molecule has 1 saturated carbocycles. The lowest BCUT2D eigenvalue weighted by molar-refractivity contribution is -0.130. The smallest absolute Gasteiger partial charge is 0.408 e. The number of rotatable bonds is 3. The minimum Gasteiger partial charge on any atom is -0.444 e. The Morgan fingerprint density at radius 2 is 2.00 bits per heavy atom. The fourth-order valence-electron chi connectivity index (χ4n) is 1.92. The van der Waals surface area contributed by atoms with Gasteiger partial charge in [0.05, 0.1) is 0 Å². The van der Waals surface area contributed by atoms with Gasteiger partial charge in [0.1, 0.15) is 11.1 Å². The summed E-state index contributed by atoms with van der Waals surface area (Å²) in [6, 6.07) is 0. The molecule has 0 unspecified atom stereocenters. The average Bonchev–Trinajstić information content (AvgIpc) is 2.06. The van der Waals surface area contributed by atoms with Crippen LogP contribution in [0.3, 0.4) is 0 Å². The number of alkyl carbamates (subject to hydrolysis) is 1. The minimum absolute atomic E-state index is 0.00890. The summed E-state index contributed by atoms with van der Waals surface area (Å²) in [4.78, 5) is 22.9. The van der Waals surface area contributed by atoms with E-state index in [0.29, 0.717) is 12.8 Å². The predicted octanol–water partition coefficient (Wildman–Crippen LogP) is 0.138. The molecule has 0 aromatic heterocycles. The van der Waals surface area contributed by atoms with Crippen molar-refractivity contribution < 1.29 is 19.4 Å². The number of nitrogens with one attached hydrogen (secondary N) is 1. The molecule has 0 radical (unpaired) electrons. The minimum atomic E-state index is -1.06. The highest BCUT2D eigenvalue weighted by Gasteiger charge is 2.50. The summed E-state index contributed by atoms with van der Waals surface area (Å²) in [5.41, 5.74) is 3.59. The quantitative estimate of drug-likeness (QED) is 0.657. The molecule has 1 rings (SSSR count). The maximum absolute atomic E-state index is 11.6. The molecule has 98 valence electrons. The van der Waals surface area contributed by atoms with Crippen molar-refractivity contribution in [2.75, 3.05) is 6.61 Å². The maximum Gasteiger partial charge on any atom is 0.408 e. The summed E-state index contributed by atoms with van der Waals surface area (Å²) in [5.74, 6) is -0.578. The first kappa shape index (κ1) is 13.8. The summed E-state index contributed by atoms with van der Waals surface area (Å²) >= 11 is 0. The number of hydrogen-bond donors (Lipinski definition) is 3. The Morgan fingerprint density at radius 1 is 1.47 bits per heavy atom. The third-order valence-corrected chi connectivity index (χ3v) is 2.74. The van der Waals surface area contributed by atoms with Crippen LogP contribution in [-0.4, -0.2) is 34.9 Å². The van der Waals surface area contributed by atoms with E-state index in [1.807, 2.05) is 0 Å². The van der Waals surface area contributed by atoms with E-state index in [2.05, 4.69) is 5.32 Å². The van der Waals surface area contributed by atoms with Gasteiger partial charge in [-0.25, -0.2) is 4.79 Å². The van der Waals surface area contributed by atoms with Gasteiger partial charge in [-0.15, -0.1) is 0 Å². The van der Waals surface area contributed by atoms with Crippen LogP contribution in [0.5, 0.6) is 0 Å². The number of ether oxygens (including phenoxy) is 1. The van der Waals surface area contributed by atoms with Crippen LogP contribution in [0.2, 0.25) is 0 Å². The van der Waals surface area contributed by atoms with Gasteiger partial charge in [0.2, 0.25) is 5.91 Å². The van der Waals surface area contributed by atoms with E-state index in [9.17, 15) is 9.59 Å². The van der Waals surface area contributed by atoms with Gasteiger partial charge in [0.15, 0.2) is 0 Å². The van der Waals surface area contributed by atoms with Gasteiger partial charge in [-0.1, -0.05) is 0 Å². The Labute approximate surface area is 101 Å². The second-order valence-corrected chi connectivity index (χ2v) is 5.53. The summed E-state index contributed by atoms with van der Waals surface area (Å²) in [5, 5.41) is 11.4. The van der Waals surface area contributed by atoms with Crippen molar-refractivity contribution in [3.8, 4) is 0 Å². The SMILES string of the molecule is CC(C)(C)OC(=O)NC1(C(N)=O)CC(CO)C1. The Morgan fingerprint density at radius 3 is 2.35 bits per heavy atom. The van der Waals surface area contributed by atoms with Crippen molar-refractivity contribution in [3.05, 3.63) is 0 Å². The van der Waals surface area contributed by atoms with E-state index in [0.717, 1.165) is 0 Å². The molecule has 6 nitrogen and oxygen atoms in total. The third-order valence-electron chi connectivity index (χ3n) is 2.74. The van der Waals surface area contributed by atoms with E-state index in [4.69, 9.17) is 15.6 Å². The number of hydrogen-bond acceptors (Lipinski definition) is 4. The highest BCUT2D eigenvalue weighted by Crippen LogP contribution is 2.37. The number of carbonyl (C=O) groups excluding carboxylic acids is 2. The molecule has 0 aromatic rings. The van der Waals surface area contributed by atoms with Crippen LogP contribution in [-0.2, 0) is 9.53 Å².